The molecule has 0 amide bonds. The van der Waals surface area contributed by atoms with Gasteiger partial charge in [0.05, 0.1) is 39.5 Å². The predicted octanol–water partition coefficient (Wildman–Crippen LogP) is 0.983. The number of quaternary nitrogens is 1. The minimum absolute atomic E-state index is 0.156. The lowest BCUT2D eigenvalue weighted by atomic mass is 10.3. The molecular weight excluding hydrogens is 214 g/mol. The SMILES string of the molecule is COS(=O)(=O)CCCC[N+]1(C)CCCC1. The van der Waals surface area contributed by atoms with E-state index in [9.17, 15) is 8.42 Å². The first-order chi connectivity index (χ1) is 6.97. The molecule has 0 atom stereocenters. The monoisotopic (exact) mass is 236 g/mol. The third-order valence-corrected chi connectivity index (χ3v) is 4.54. The fourth-order valence-electron chi connectivity index (χ4n) is 2.18. The summed E-state index contributed by atoms with van der Waals surface area (Å²) in [5.41, 5.74) is 0. The van der Waals surface area contributed by atoms with Crippen LogP contribution in [0.5, 0.6) is 0 Å². The highest BCUT2D eigenvalue weighted by molar-refractivity contribution is 7.86. The zero-order valence-corrected chi connectivity index (χ0v) is 10.6. The highest BCUT2D eigenvalue weighted by Crippen LogP contribution is 2.17. The molecule has 1 aliphatic heterocycles. The zero-order valence-electron chi connectivity index (χ0n) is 9.74. The third kappa shape index (κ3) is 4.49. The molecular formula is C10H22NO3S+. The van der Waals surface area contributed by atoms with Crippen molar-refractivity contribution in [3.63, 3.8) is 0 Å². The van der Waals surface area contributed by atoms with Gasteiger partial charge in [-0.05, 0) is 12.8 Å². The molecule has 0 spiro atoms. The Labute approximate surface area is 92.9 Å². The Balaban J connectivity index is 2.17. The number of unbranched alkanes of at least 4 members (excludes halogenated alkanes) is 1. The molecule has 1 heterocycles. The fourth-order valence-corrected chi connectivity index (χ4v) is 2.90. The zero-order chi connectivity index (χ0) is 11.4. The number of hydrogen-bond acceptors (Lipinski definition) is 3. The van der Waals surface area contributed by atoms with E-state index in [4.69, 9.17) is 0 Å². The van der Waals surface area contributed by atoms with E-state index in [1.54, 1.807) is 0 Å². The van der Waals surface area contributed by atoms with Gasteiger partial charge in [0.15, 0.2) is 0 Å². The van der Waals surface area contributed by atoms with Crippen LogP contribution in [0.15, 0.2) is 0 Å². The molecule has 1 fully saturated rings. The molecule has 0 aromatic heterocycles. The predicted molar refractivity (Wildman–Crippen MR) is 60.0 cm³/mol. The van der Waals surface area contributed by atoms with Crippen LogP contribution in [0.2, 0.25) is 0 Å². The maximum Gasteiger partial charge on any atom is 0.267 e. The second-order valence-electron chi connectivity index (χ2n) is 4.63. The van der Waals surface area contributed by atoms with Gasteiger partial charge in [-0.2, -0.15) is 8.42 Å². The van der Waals surface area contributed by atoms with E-state index >= 15 is 0 Å². The van der Waals surface area contributed by atoms with Crippen LogP contribution in [0.4, 0.5) is 0 Å². The van der Waals surface area contributed by atoms with E-state index in [0.29, 0.717) is 6.42 Å². The fraction of sp³-hybridized carbons (Fsp3) is 1.00. The molecule has 1 rings (SSSR count). The molecule has 0 unspecified atom stereocenters. The Morgan fingerprint density at radius 2 is 1.80 bits per heavy atom. The van der Waals surface area contributed by atoms with Crippen LogP contribution in [-0.4, -0.2) is 52.4 Å². The van der Waals surface area contributed by atoms with Crippen molar-refractivity contribution in [2.75, 3.05) is 39.5 Å². The maximum absolute atomic E-state index is 11.0. The molecule has 0 aromatic rings. The van der Waals surface area contributed by atoms with E-state index in [-0.39, 0.29) is 5.75 Å². The molecule has 15 heavy (non-hydrogen) atoms. The van der Waals surface area contributed by atoms with E-state index < -0.39 is 10.1 Å². The number of hydrogen-bond donors (Lipinski definition) is 0. The molecule has 0 N–H and O–H groups in total. The number of rotatable bonds is 6. The van der Waals surface area contributed by atoms with Gasteiger partial charge in [0.25, 0.3) is 10.1 Å². The van der Waals surface area contributed by atoms with Gasteiger partial charge in [0, 0.05) is 12.8 Å². The molecule has 1 saturated heterocycles. The van der Waals surface area contributed by atoms with E-state index in [0.717, 1.165) is 17.4 Å². The van der Waals surface area contributed by atoms with Crippen molar-refractivity contribution in [2.45, 2.75) is 25.7 Å². The van der Waals surface area contributed by atoms with Crippen molar-refractivity contribution in [1.29, 1.82) is 0 Å². The lowest BCUT2D eigenvalue weighted by Crippen LogP contribution is -2.41. The second-order valence-corrected chi connectivity index (χ2v) is 6.49. The largest absolute Gasteiger partial charge is 0.326 e. The molecule has 4 nitrogen and oxygen atoms in total. The Kier molecular flexibility index (Phi) is 4.55. The van der Waals surface area contributed by atoms with E-state index in [2.05, 4.69) is 11.2 Å². The highest BCUT2D eigenvalue weighted by Gasteiger charge is 2.25. The molecule has 90 valence electrons. The smallest absolute Gasteiger partial charge is 0.267 e. The van der Waals surface area contributed by atoms with E-state index in [1.807, 2.05) is 0 Å². The van der Waals surface area contributed by atoms with Crippen molar-refractivity contribution in [2.24, 2.45) is 0 Å². The van der Waals surface area contributed by atoms with Gasteiger partial charge in [-0.15, -0.1) is 0 Å². The number of nitrogens with zero attached hydrogens (tertiary/aromatic N) is 1. The topological polar surface area (TPSA) is 43.4 Å². The minimum Gasteiger partial charge on any atom is -0.326 e. The Morgan fingerprint density at radius 1 is 1.20 bits per heavy atom. The van der Waals surface area contributed by atoms with Crippen LogP contribution >= 0.6 is 0 Å². The average Bonchev–Trinajstić information content (AvgIpc) is 2.61. The molecule has 0 aliphatic carbocycles. The highest BCUT2D eigenvalue weighted by atomic mass is 32.2. The van der Waals surface area contributed by atoms with Crippen LogP contribution in [0, 0.1) is 0 Å². The second kappa shape index (κ2) is 5.27. The van der Waals surface area contributed by atoms with Crippen LogP contribution in [-0.2, 0) is 14.3 Å². The Hall–Kier alpha value is -0.130. The minimum atomic E-state index is -3.24. The molecule has 0 radical (unpaired) electrons. The Morgan fingerprint density at radius 3 is 2.33 bits per heavy atom. The lowest BCUT2D eigenvalue weighted by Gasteiger charge is -2.29. The van der Waals surface area contributed by atoms with Gasteiger partial charge in [0.1, 0.15) is 0 Å². The summed E-state index contributed by atoms with van der Waals surface area (Å²) >= 11 is 0. The van der Waals surface area contributed by atoms with Crippen molar-refractivity contribution in [3.05, 3.63) is 0 Å². The first-order valence-corrected chi connectivity index (χ1v) is 7.17. The van der Waals surface area contributed by atoms with Gasteiger partial charge in [-0.3, -0.25) is 4.18 Å². The molecule has 1 aliphatic rings. The van der Waals surface area contributed by atoms with Crippen LogP contribution in [0.25, 0.3) is 0 Å². The normalized spacial score (nSPS) is 20.7. The van der Waals surface area contributed by atoms with Crippen LogP contribution in [0.3, 0.4) is 0 Å². The number of likely N-dealkylation sites (tertiary alicyclic amines) is 1. The summed E-state index contributed by atoms with van der Waals surface area (Å²) in [7, 11) is 0.246. The van der Waals surface area contributed by atoms with Gasteiger partial charge >= 0.3 is 0 Å². The average molecular weight is 236 g/mol. The van der Waals surface area contributed by atoms with Crippen molar-refractivity contribution < 1.29 is 17.1 Å². The summed E-state index contributed by atoms with van der Waals surface area (Å²) in [6.07, 6.45) is 4.31. The van der Waals surface area contributed by atoms with E-state index in [1.165, 1.54) is 33.0 Å². The summed E-state index contributed by atoms with van der Waals surface area (Å²) in [4.78, 5) is 0. The summed E-state index contributed by atoms with van der Waals surface area (Å²) in [6, 6.07) is 0. The van der Waals surface area contributed by atoms with Crippen molar-refractivity contribution in [1.82, 2.24) is 0 Å². The standard InChI is InChI=1S/C10H22NO3S/c1-11(7-3-4-8-11)9-5-6-10-15(12,13)14-2/h3-10H2,1-2H3/q+1. The maximum atomic E-state index is 11.0. The summed E-state index contributed by atoms with van der Waals surface area (Å²) in [5.74, 6) is 0.156. The van der Waals surface area contributed by atoms with Crippen LogP contribution < -0.4 is 0 Å². The van der Waals surface area contributed by atoms with Gasteiger partial charge in [-0.25, -0.2) is 0 Å². The summed E-state index contributed by atoms with van der Waals surface area (Å²) in [5, 5.41) is 0. The molecule has 0 saturated carbocycles. The van der Waals surface area contributed by atoms with Gasteiger partial charge in [0.2, 0.25) is 0 Å². The van der Waals surface area contributed by atoms with Crippen molar-refractivity contribution in [3.8, 4) is 0 Å². The first-order valence-electron chi connectivity index (χ1n) is 5.59. The lowest BCUT2D eigenvalue weighted by molar-refractivity contribution is -0.897. The molecule has 5 heteroatoms. The van der Waals surface area contributed by atoms with Gasteiger partial charge < -0.3 is 4.48 Å². The van der Waals surface area contributed by atoms with Crippen molar-refractivity contribution >= 4 is 10.1 Å². The van der Waals surface area contributed by atoms with Crippen LogP contribution in [0.1, 0.15) is 25.7 Å². The quantitative estimate of drug-likeness (QED) is 0.392. The Bertz CT molecular complexity index is 281. The first kappa shape index (κ1) is 12.9. The van der Waals surface area contributed by atoms with Gasteiger partial charge in [-0.1, -0.05) is 0 Å². The molecule has 0 bridgehead atoms. The molecule has 0 aromatic carbocycles. The summed E-state index contributed by atoms with van der Waals surface area (Å²) in [6.45, 7) is 3.59. The summed E-state index contributed by atoms with van der Waals surface area (Å²) < 4.78 is 27.6. The third-order valence-electron chi connectivity index (χ3n) is 3.24.